The molecule has 2 aliphatic rings. The highest BCUT2D eigenvalue weighted by molar-refractivity contribution is 5.28. The van der Waals surface area contributed by atoms with Gasteiger partial charge in [-0.1, -0.05) is 27.7 Å². The zero-order valence-electron chi connectivity index (χ0n) is 13.4. The largest absolute Gasteiger partial charge is 0.388 e. The molecule has 1 fully saturated rings. The Hall–Kier alpha value is -0.760. The molecule has 2 aliphatic carbocycles. The molecule has 20 heavy (non-hydrogen) atoms. The summed E-state index contributed by atoms with van der Waals surface area (Å²) >= 11 is 0. The van der Waals surface area contributed by atoms with Crippen molar-refractivity contribution in [3.05, 3.63) is 23.5 Å². The Balaban J connectivity index is 1.93. The summed E-state index contributed by atoms with van der Waals surface area (Å²) in [6.45, 7) is 9.63. The summed E-state index contributed by atoms with van der Waals surface area (Å²) in [5, 5.41) is 10.2. The smallest absolute Gasteiger partial charge is 0.0807 e. The van der Waals surface area contributed by atoms with Crippen LogP contribution in [0, 0.1) is 10.8 Å². The van der Waals surface area contributed by atoms with Crippen LogP contribution in [0.4, 0.5) is 0 Å². The number of rotatable bonds is 1. The first-order valence-corrected chi connectivity index (χ1v) is 8.15. The van der Waals surface area contributed by atoms with E-state index in [1.165, 1.54) is 30.5 Å². The van der Waals surface area contributed by atoms with E-state index in [0.717, 1.165) is 19.3 Å². The third-order valence-corrected chi connectivity index (χ3v) is 5.24. The summed E-state index contributed by atoms with van der Waals surface area (Å²) in [6, 6.07) is 2.76. The fraction of sp³-hybridized carbons (Fsp3) is 0.778. The van der Waals surface area contributed by atoms with Crippen LogP contribution in [0.2, 0.25) is 0 Å². The first-order chi connectivity index (χ1) is 9.27. The van der Waals surface area contributed by atoms with Crippen molar-refractivity contribution in [2.75, 3.05) is 0 Å². The Morgan fingerprint density at radius 2 is 1.80 bits per heavy atom. The molecule has 0 bridgehead atoms. The van der Waals surface area contributed by atoms with Gasteiger partial charge in [0.15, 0.2) is 0 Å². The van der Waals surface area contributed by atoms with Crippen LogP contribution in [0.15, 0.2) is 12.3 Å². The fourth-order valence-corrected chi connectivity index (χ4v) is 5.02. The Bertz CT molecular complexity index is 482. The number of hydrogen-bond donors (Lipinski definition) is 1. The minimum atomic E-state index is -0.232. The number of aliphatic hydroxyl groups is 1. The molecule has 1 atom stereocenters. The molecule has 1 aromatic heterocycles. The van der Waals surface area contributed by atoms with Crippen molar-refractivity contribution in [3.8, 4) is 0 Å². The van der Waals surface area contributed by atoms with Gasteiger partial charge in [-0.15, -0.1) is 0 Å². The normalized spacial score (nSPS) is 29.1. The monoisotopic (exact) mass is 275 g/mol. The Morgan fingerprint density at radius 1 is 1.15 bits per heavy atom. The molecular formula is C18H29NO. The van der Waals surface area contributed by atoms with Crippen LogP contribution in [-0.2, 0) is 6.42 Å². The maximum atomic E-state index is 10.2. The van der Waals surface area contributed by atoms with E-state index in [2.05, 4.69) is 44.5 Å². The first-order valence-electron chi connectivity index (χ1n) is 8.15. The van der Waals surface area contributed by atoms with Crippen molar-refractivity contribution >= 4 is 0 Å². The summed E-state index contributed by atoms with van der Waals surface area (Å²) < 4.78 is 2.50. The molecule has 3 rings (SSSR count). The molecule has 1 aromatic rings. The SMILES string of the molecule is CC1(C)CC(n2ccc3c2CCCC3O)CC(C)(C)C1. The third kappa shape index (κ3) is 2.55. The van der Waals surface area contributed by atoms with E-state index >= 15 is 0 Å². The maximum Gasteiger partial charge on any atom is 0.0807 e. The van der Waals surface area contributed by atoms with Gasteiger partial charge in [0.2, 0.25) is 0 Å². The van der Waals surface area contributed by atoms with Crippen LogP contribution >= 0.6 is 0 Å². The van der Waals surface area contributed by atoms with Crippen LogP contribution in [0.5, 0.6) is 0 Å². The fourth-order valence-electron chi connectivity index (χ4n) is 5.02. The minimum Gasteiger partial charge on any atom is -0.388 e. The van der Waals surface area contributed by atoms with Gasteiger partial charge >= 0.3 is 0 Å². The molecule has 0 spiro atoms. The number of aromatic nitrogens is 1. The molecule has 0 saturated heterocycles. The number of hydrogen-bond acceptors (Lipinski definition) is 1. The highest BCUT2D eigenvalue weighted by Gasteiger charge is 2.39. The van der Waals surface area contributed by atoms with Crippen molar-refractivity contribution in [1.82, 2.24) is 4.57 Å². The Labute approximate surface area is 123 Å². The molecule has 1 N–H and O–H groups in total. The van der Waals surface area contributed by atoms with Gasteiger partial charge in [-0.25, -0.2) is 0 Å². The van der Waals surface area contributed by atoms with Gasteiger partial charge in [0.1, 0.15) is 0 Å². The predicted molar refractivity (Wildman–Crippen MR) is 82.8 cm³/mol. The summed E-state index contributed by atoms with van der Waals surface area (Å²) in [5.41, 5.74) is 3.42. The standard InChI is InChI=1S/C18H29NO/c1-17(2)10-13(11-18(3,4)12-17)19-9-8-14-15(19)6-5-7-16(14)20/h8-9,13,16,20H,5-7,10-12H2,1-4H3. The Morgan fingerprint density at radius 3 is 2.45 bits per heavy atom. The van der Waals surface area contributed by atoms with Gasteiger partial charge in [0.05, 0.1) is 6.10 Å². The summed E-state index contributed by atoms with van der Waals surface area (Å²) in [7, 11) is 0. The lowest BCUT2D eigenvalue weighted by Crippen LogP contribution is -2.35. The highest BCUT2D eigenvalue weighted by atomic mass is 16.3. The van der Waals surface area contributed by atoms with Gasteiger partial charge in [-0.2, -0.15) is 0 Å². The van der Waals surface area contributed by atoms with E-state index in [9.17, 15) is 5.11 Å². The number of nitrogens with zero attached hydrogens (tertiary/aromatic N) is 1. The number of aliphatic hydroxyl groups excluding tert-OH is 1. The van der Waals surface area contributed by atoms with E-state index in [1.807, 2.05) is 0 Å². The average Bonchev–Trinajstić information content (AvgIpc) is 2.69. The van der Waals surface area contributed by atoms with E-state index in [1.54, 1.807) is 0 Å². The molecule has 1 unspecified atom stereocenters. The van der Waals surface area contributed by atoms with Crippen LogP contribution in [0.1, 0.15) is 83.2 Å². The van der Waals surface area contributed by atoms with Crippen LogP contribution < -0.4 is 0 Å². The molecule has 1 heterocycles. The van der Waals surface area contributed by atoms with Gasteiger partial charge < -0.3 is 9.67 Å². The third-order valence-electron chi connectivity index (χ3n) is 5.24. The van der Waals surface area contributed by atoms with Crippen molar-refractivity contribution in [2.45, 2.75) is 78.4 Å². The first kappa shape index (κ1) is 14.2. The highest BCUT2D eigenvalue weighted by Crippen LogP contribution is 2.51. The number of fused-ring (bicyclic) bond motifs is 1. The molecule has 0 radical (unpaired) electrons. The quantitative estimate of drug-likeness (QED) is 0.794. The van der Waals surface area contributed by atoms with Gasteiger partial charge in [0.25, 0.3) is 0 Å². The van der Waals surface area contributed by atoms with Gasteiger partial charge in [-0.3, -0.25) is 0 Å². The average molecular weight is 275 g/mol. The van der Waals surface area contributed by atoms with E-state index in [0.29, 0.717) is 16.9 Å². The summed E-state index contributed by atoms with van der Waals surface area (Å²) in [6.07, 6.45) is 9.02. The van der Waals surface area contributed by atoms with Gasteiger partial charge in [0, 0.05) is 23.5 Å². The van der Waals surface area contributed by atoms with Crippen molar-refractivity contribution in [1.29, 1.82) is 0 Å². The van der Waals surface area contributed by atoms with Crippen molar-refractivity contribution in [3.63, 3.8) is 0 Å². The predicted octanol–water partition coefficient (Wildman–Crippen LogP) is 4.64. The van der Waals surface area contributed by atoms with Crippen LogP contribution in [0.25, 0.3) is 0 Å². The molecule has 0 amide bonds. The van der Waals surface area contributed by atoms with Crippen LogP contribution in [0.3, 0.4) is 0 Å². The summed E-state index contributed by atoms with van der Waals surface area (Å²) in [4.78, 5) is 0. The molecule has 1 saturated carbocycles. The Kier molecular flexibility index (Phi) is 3.28. The second kappa shape index (κ2) is 4.62. The molecule has 2 nitrogen and oxygen atoms in total. The second-order valence-corrected chi connectivity index (χ2v) is 8.60. The maximum absolute atomic E-state index is 10.2. The summed E-state index contributed by atoms with van der Waals surface area (Å²) in [5.74, 6) is 0. The van der Waals surface area contributed by atoms with Gasteiger partial charge in [-0.05, 0) is 55.4 Å². The van der Waals surface area contributed by atoms with E-state index in [4.69, 9.17) is 0 Å². The van der Waals surface area contributed by atoms with Crippen LogP contribution in [-0.4, -0.2) is 9.67 Å². The molecule has 0 aromatic carbocycles. The topological polar surface area (TPSA) is 25.2 Å². The minimum absolute atomic E-state index is 0.232. The molecule has 112 valence electrons. The lowest BCUT2D eigenvalue weighted by Gasteiger charge is -2.46. The zero-order valence-corrected chi connectivity index (χ0v) is 13.4. The lowest BCUT2D eigenvalue weighted by atomic mass is 9.63. The molecular weight excluding hydrogens is 246 g/mol. The van der Waals surface area contributed by atoms with Crippen molar-refractivity contribution < 1.29 is 5.11 Å². The lowest BCUT2D eigenvalue weighted by molar-refractivity contribution is 0.0705. The zero-order chi connectivity index (χ0) is 14.5. The van der Waals surface area contributed by atoms with E-state index in [-0.39, 0.29) is 6.10 Å². The molecule has 0 aliphatic heterocycles. The van der Waals surface area contributed by atoms with E-state index < -0.39 is 0 Å². The van der Waals surface area contributed by atoms with Crippen molar-refractivity contribution in [2.24, 2.45) is 10.8 Å². The molecule has 2 heteroatoms. The second-order valence-electron chi connectivity index (χ2n) is 8.60.